The fourth-order valence-corrected chi connectivity index (χ4v) is 3.11. The van der Waals surface area contributed by atoms with E-state index in [-0.39, 0.29) is 37.0 Å². The number of hydrogen-bond donors (Lipinski definition) is 2. The van der Waals surface area contributed by atoms with Crippen LogP contribution < -0.4 is 0 Å². The summed E-state index contributed by atoms with van der Waals surface area (Å²) in [7, 11) is 0. The maximum absolute atomic E-state index is 10.1. The van der Waals surface area contributed by atoms with E-state index < -0.39 is 10.4 Å². The summed E-state index contributed by atoms with van der Waals surface area (Å²) in [4.78, 5) is 0. The molecule has 2 N–H and O–H groups in total. The van der Waals surface area contributed by atoms with Crippen molar-refractivity contribution in [2.24, 2.45) is 0 Å². The predicted molar refractivity (Wildman–Crippen MR) is 85.5 cm³/mol. The molecule has 1 aliphatic rings. The van der Waals surface area contributed by atoms with Crippen molar-refractivity contribution >= 4 is 75.2 Å². The van der Waals surface area contributed by atoms with Crippen molar-refractivity contribution < 1.29 is 10.2 Å². The van der Waals surface area contributed by atoms with Gasteiger partial charge in [0.05, 0.1) is 26.2 Å². The highest BCUT2D eigenvalue weighted by molar-refractivity contribution is 6.59. The molecule has 0 spiro atoms. The summed E-state index contributed by atoms with van der Waals surface area (Å²) in [6.45, 7) is 0. The highest BCUT2D eigenvalue weighted by Gasteiger charge is 2.36. The number of rotatable bonds is 1. The van der Waals surface area contributed by atoms with Gasteiger partial charge in [0.1, 0.15) is 5.75 Å². The Hall–Kier alpha value is 0.200. The van der Waals surface area contributed by atoms with Crippen LogP contribution in [0.3, 0.4) is 0 Å². The van der Waals surface area contributed by atoms with Crippen molar-refractivity contribution in [1.29, 1.82) is 0 Å². The Morgan fingerprint density at radius 2 is 1.65 bits per heavy atom. The zero-order valence-corrected chi connectivity index (χ0v) is 14.0. The number of aromatic hydroxyl groups is 1. The van der Waals surface area contributed by atoms with E-state index in [1.807, 2.05) is 0 Å². The minimum Gasteiger partial charge on any atom is -0.506 e. The molecule has 0 radical (unpaired) electrons. The number of hydrogen-bond acceptors (Lipinski definition) is 2. The molecule has 0 saturated carbocycles. The minimum absolute atomic E-state index is 0.00306. The third-order valence-electron chi connectivity index (χ3n) is 2.73. The molecule has 8 heteroatoms. The number of benzene rings is 1. The van der Waals surface area contributed by atoms with Crippen LogP contribution in [0.15, 0.2) is 23.3 Å². The number of phenols is 1. The molecule has 108 valence electrons. The van der Waals surface area contributed by atoms with Crippen LogP contribution in [0.4, 0.5) is 0 Å². The quantitative estimate of drug-likeness (QED) is 0.380. The molecule has 0 fully saturated rings. The second-order valence-corrected chi connectivity index (χ2v) is 6.99. The molecule has 1 unspecified atom stereocenters. The lowest BCUT2D eigenvalue weighted by Gasteiger charge is -2.27. The maximum Gasteiger partial charge on any atom is 0.172 e. The number of alkyl halides is 2. The van der Waals surface area contributed by atoms with E-state index in [2.05, 4.69) is 0 Å². The topological polar surface area (TPSA) is 40.5 Å². The first kappa shape index (κ1) is 16.6. The fraction of sp³-hybridized carbons (Fsp3) is 0.167. The summed E-state index contributed by atoms with van der Waals surface area (Å²) in [6, 6.07) is 1.28. The van der Waals surface area contributed by atoms with Gasteiger partial charge in [-0.05, 0) is 12.1 Å². The van der Waals surface area contributed by atoms with Crippen LogP contribution in [0.2, 0.25) is 15.1 Å². The minimum atomic E-state index is -1.54. The predicted octanol–water partition coefficient (Wildman–Crippen LogP) is 5.41. The lowest BCUT2D eigenvalue weighted by molar-refractivity contribution is 0.277. The summed E-state index contributed by atoms with van der Waals surface area (Å²) in [5.41, 5.74) is 0.0442. The van der Waals surface area contributed by atoms with Crippen LogP contribution in [-0.4, -0.2) is 20.7 Å². The number of halogens is 6. The lowest BCUT2D eigenvalue weighted by Crippen LogP contribution is -2.22. The van der Waals surface area contributed by atoms with E-state index in [0.29, 0.717) is 0 Å². The molecule has 0 amide bonds. The van der Waals surface area contributed by atoms with Crippen LogP contribution >= 0.6 is 69.6 Å². The Labute approximate surface area is 145 Å². The molecule has 0 aromatic heterocycles. The van der Waals surface area contributed by atoms with Gasteiger partial charge in [0.25, 0.3) is 0 Å². The molecule has 0 heterocycles. The van der Waals surface area contributed by atoms with Gasteiger partial charge < -0.3 is 10.2 Å². The Balaban J connectivity index is 2.80. The largest absolute Gasteiger partial charge is 0.506 e. The van der Waals surface area contributed by atoms with E-state index >= 15 is 0 Å². The second-order valence-electron chi connectivity index (χ2n) is 4.03. The Morgan fingerprint density at radius 1 is 1.05 bits per heavy atom. The Kier molecular flexibility index (Phi) is 4.78. The average Bonchev–Trinajstić information content (AvgIpc) is 2.36. The zero-order valence-electron chi connectivity index (χ0n) is 9.47. The van der Waals surface area contributed by atoms with E-state index in [1.54, 1.807) is 0 Å². The first-order valence-electron chi connectivity index (χ1n) is 5.19. The number of phenolic OH excluding ortho intramolecular Hbond substituents is 1. The van der Waals surface area contributed by atoms with Gasteiger partial charge in [-0.1, -0.05) is 75.7 Å². The summed E-state index contributed by atoms with van der Waals surface area (Å²) >= 11 is 35.9. The van der Waals surface area contributed by atoms with Crippen molar-refractivity contribution in [2.45, 2.75) is 10.4 Å². The molecular weight excluding hydrogens is 389 g/mol. The molecule has 0 bridgehead atoms. The van der Waals surface area contributed by atoms with Crippen molar-refractivity contribution in [1.82, 2.24) is 0 Å². The standard InChI is InChI=1S/C12H6Cl6O2/c13-4-3-5(14)10(20)8(9(4)15)7-6(19)1-2-12(17,18)11(7)16/h1-3,6,19-20H. The molecule has 20 heavy (non-hydrogen) atoms. The maximum atomic E-state index is 10.1. The van der Waals surface area contributed by atoms with Crippen molar-refractivity contribution in [3.8, 4) is 5.75 Å². The molecular formula is C12H6Cl6O2. The highest BCUT2D eigenvalue weighted by Crippen LogP contribution is 2.50. The first-order valence-corrected chi connectivity index (χ1v) is 7.45. The third kappa shape index (κ3) is 2.76. The van der Waals surface area contributed by atoms with Gasteiger partial charge >= 0.3 is 0 Å². The third-order valence-corrected chi connectivity index (χ3v) is 5.13. The summed E-state index contributed by atoms with van der Waals surface area (Å²) in [6.07, 6.45) is 1.49. The summed E-state index contributed by atoms with van der Waals surface area (Å²) in [5, 5.41) is 20.1. The first-order chi connectivity index (χ1) is 9.16. The van der Waals surface area contributed by atoms with Gasteiger partial charge in [0.15, 0.2) is 4.33 Å². The van der Waals surface area contributed by atoms with Crippen LogP contribution in [0, 0.1) is 0 Å². The van der Waals surface area contributed by atoms with Crippen LogP contribution in [0.25, 0.3) is 5.57 Å². The fourth-order valence-electron chi connectivity index (χ4n) is 1.78. The normalized spacial score (nSPS) is 21.4. The van der Waals surface area contributed by atoms with Crippen molar-refractivity contribution in [2.75, 3.05) is 0 Å². The smallest absolute Gasteiger partial charge is 0.172 e. The van der Waals surface area contributed by atoms with Crippen LogP contribution in [-0.2, 0) is 0 Å². The molecule has 1 aliphatic carbocycles. The molecule has 2 nitrogen and oxygen atoms in total. The number of aliphatic hydroxyl groups excluding tert-OH is 1. The zero-order chi connectivity index (χ0) is 15.2. The van der Waals surface area contributed by atoms with E-state index in [4.69, 9.17) is 69.6 Å². The van der Waals surface area contributed by atoms with Gasteiger partial charge in [0, 0.05) is 11.1 Å². The number of allylic oxidation sites excluding steroid dienone is 2. The molecule has 1 aromatic rings. The monoisotopic (exact) mass is 392 g/mol. The van der Waals surface area contributed by atoms with Crippen molar-refractivity contribution in [3.05, 3.63) is 43.9 Å². The second kappa shape index (κ2) is 5.77. The number of aliphatic hydroxyl groups is 1. The Bertz CT molecular complexity index is 609. The van der Waals surface area contributed by atoms with E-state index in [9.17, 15) is 10.2 Å². The highest BCUT2D eigenvalue weighted by atomic mass is 35.5. The van der Waals surface area contributed by atoms with Crippen molar-refractivity contribution in [3.63, 3.8) is 0 Å². The molecule has 0 saturated heterocycles. The van der Waals surface area contributed by atoms with Gasteiger partial charge in [-0.15, -0.1) is 0 Å². The van der Waals surface area contributed by atoms with Gasteiger partial charge in [-0.25, -0.2) is 0 Å². The SMILES string of the molecule is Oc1c(Cl)cc(Cl)c(Cl)c1C1=C(Cl)C(Cl)(Cl)C=CC1O. The van der Waals surface area contributed by atoms with Gasteiger partial charge in [-0.3, -0.25) is 0 Å². The van der Waals surface area contributed by atoms with Gasteiger partial charge in [-0.2, -0.15) is 0 Å². The molecule has 0 aliphatic heterocycles. The van der Waals surface area contributed by atoms with E-state index in [0.717, 1.165) is 0 Å². The van der Waals surface area contributed by atoms with Crippen LogP contribution in [0.5, 0.6) is 5.75 Å². The molecule has 2 rings (SSSR count). The Morgan fingerprint density at radius 3 is 2.25 bits per heavy atom. The lowest BCUT2D eigenvalue weighted by atomic mass is 9.94. The summed E-state index contributed by atoms with van der Waals surface area (Å²) < 4.78 is -1.54. The molecule has 1 aromatic carbocycles. The van der Waals surface area contributed by atoms with Crippen LogP contribution in [0.1, 0.15) is 5.56 Å². The van der Waals surface area contributed by atoms with Gasteiger partial charge in [0.2, 0.25) is 0 Å². The average molecular weight is 395 g/mol. The molecule has 1 atom stereocenters. The summed E-state index contributed by atoms with van der Waals surface area (Å²) in [5.74, 6) is -0.368. The van der Waals surface area contributed by atoms with E-state index in [1.165, 1.54) is 18.2 Å².